The normalized spacial score (nSPS) is 12.5. The molecule has 0 aliphatic heterocycles. The summed E-state index contributed by atoms with van der Waals surface area (Å²) in [6, 6.07) is 0. The highest BCUT2D eigenvalue weighted by atomic mass is 19.3. The van der Waals surface area contributed by atoms with Gasteiger partial charge < -0.3 is 20.9 Å². The van der Waals surface area contributed by atoms with Crippen LogP contribution in [0, 0.1) is 0 Å². The average Bonchev–Trinajstić information content (AvgIpc) is 2.20. The lowest BCUT2D eigenvalue weighted by atomic mass is 10.3. The summed E-state index contributed by atoms with van der Waals surface area (Å²) in [5, 5.41) is 11.1. The summed E-state index contributed by atoms with van der Waals surface area (Å²) < 4.78 is 27.6. The second-order valence-corrected chi connectivity index (χ2v) is 2.94. The number of amides is 2. The van der Waals surface area contributed by atoms with E-state index in [9.17, 15) is 18.4 Å². The molecule has 0 fully saturated rings. The molecule has 2 amide bonds. The number of aliphatic hydroxyl groups excluding tert-OH is 1. The Balaban J connectivity index is 3.48. The lowest BCUT2D eigenvalue weighted by Gasteiger charge is -2.08. The van der Waals surface area contributed by atoms with E-state index in [1.807, 2.05) is 0 Å². The van der Waals surface area contributed by atoms with Crippen molar-refractivity contribution in [2.75, 3.05) is 19.8 Å². The number of alkyl halides is 2. The zero-order chi connectivity index (χ0) is 12.6. The number of nitrogens with one attached hydrogen (secondary N) is 1. The molecule has 8 heteroatoms. The average molecular weight is 240 g/mol. The molecule has 0 aromatic rings. The van der Waals surface area contributed by atoms with Gasteiger partial charge in [0.2, 0.25) is 11.8 Å². The molecule has 6 nitrogen and oxygen atoms in total. The van der Waals surface area contributed by atoms with Crippen molar-refractivity contribution >= 4 is 11.8 Å². The fourth-order valence-corrected chi connectivity index (χ4v) is 0.737. The predicted molar refractivity (Wildman–Crippen MR) is 49.7 cm³/mol. The minimum absolute atomic E-state index is 0.127. The van der Waals surface area contributed by atoms with E-state index in [-0.39, 0.29) is 19.6 Å². The molecule has 4 N–H and O–H groups in total. The van der Waals surface area contributed by atoms with Gasteiger partial charge in [-0.3, -0.25) is 9.59 Å². The second kappa shape index (κ2) is 7.94. The van der Waals surface area contributed by atoms with E-state index in [0.717, 1.165) is 0 Å². The van der Waals surface area contributed by atoms with Crippen LogP contribution in [0.4, 0.5) is 8.78 Å². The molecule has 0 aliphatic carbocycles. The van der Waals surface area contributed by atoms with Gasteiger partial charge in [-0.1, -0.05) is 0 Å². The number of hydrogen-bond acceptors (Lipinski definition) is 4. The molecule has 0 saturated heterocycles. The maximum atomic E-state index is 11.6. The Bertz CT molecular complexity index is 238. The Morgan fingerprint density at radius 1 is 1.44 bits per heavy atom. The highest BCUT2D eigenvalue weighted by Gasteiger charge is 2.12. The molecule has 0 saturated carbocycles. The summed E-state index contributed by atoms with van der Waals surface area (Å²) in [7, 11) is 0. The SMILES string of the molecule is NC(=O)C(O)CNC(=O)CCOCC(F)F. The van der Waals surface area contributed by atoms with Crippen LogP contribution in [0.25, 0.3) is 0 Å². The number of primary amides is 1. The van der Waals surface area contributed by atoms with Crippen LogP contribution in [0.1, 0.15) is 6.42 Å². The van der Waals surface area contributed by atoms with Gasteiger partial charge in [-0.15, -0.1) is 0 Å². The number of ether oxygens (including phenoxy) is 1. The Morgan fingerprint density at radius 2 is 2.06 bits per heavy atom. The molecule has 1 atom stereocenters. The largest absolute Gasteiger partial charge is 0.381 e. The first-order valence-electron chi connectivity index (χ1n) is 4.53. The minimum atomic E-state index is -2.57. The smallest absolute Gasteiger partial charge is 0.261 e. The fraction of sp³-hybridized carbons (Fsp3) is 0.750. The molecule has 0 bridgehead atoms. The van der Waals surface area contributed by atoms with Gasteiger partial charge in [0, 0.05) is 6.42 Å². The zero-order valence-corrected chi connectivity index (χ0v) is 8.49. The van der Waals surface area contributed by atoms with Crippen molar-refractivity contribution in [2.45, 2.75) is 19.0 Å². The van der Waals surface area contributed by atoms with Gasteiger partial charge in [0.25, 0.3) is 6.43 Å². The van der Waals surface area contributed by atoms with Gasteiger partial charge in [0.05, 0.1) is 13.2 Å². The van der Waals surface area contributed by atoms with Crippen LogP contribution in [0.15, 0.2) is 0 Å². The molecule has 94 valence electrons. The topological polar surface area (TPSA) is 102 Å². The van der Waals surface area contributed by atoms with E-state index in [1.165, 1.54) is 0 Å². The van der Waals surface area contributed by atoms with Crippen molar-refractivity contribution in [1.82, 2.24) is 5.32 Å². The van der Waals surface area contributed by atoms with E-state index in [1.54, 1.807) is 0 Å². The molecule has 0 heterocycles. The second-order valence-electron chi connectivity index (χ2n) is 2.94. The number of halogens is 2. The summed E-state index contributed by atoms with van der Waals surface area (Å²) in [5.41, 5.74) is 4.73. The van der Waals surface area contributed by atoms with E-state index in [2.05, 4.69) is 10.1 Å². The lowest BCUT2D eigenvalue weighted by molar-refractivity contribution is -0.127. The standard InChI is InChI=1S/C8H14F2N2O4/c9-6(10)4-16-2-1-7(14)12-3-5(13)8(11)15/h5-6,13H,1-4H2,(H2,11,15)(H,12,14). The Labute approximate surface area is 90.7 Å². The summed E-state index contributed by atoms with van der Waals surface area (Å²) in [6.07, 6.45) is -4.15. The van der Waals surface area contributed by atoms with Crippen molar-refractivity contribution in [2.24, 2.45) is 5.73 Å². The van der Waals surface area contributed by atoms with Crippen LogP contribution in [-0.4, -0.2) is 49.2 Å². The van der Waals surface area contributed by atoms with Crippen LogP contribution < -0.4 is 11.1 Å². The van der Waals surface area contributed by atoms with Crippen molar-refractivity contribution in [1.29, 1.82) is 0 Å². The van der Waals surface area contributed by atoms with Gasteiger partial charge >= 0.3 is 0 Å². The first-order chi connectivity index (χ1) is 7.43. The van der Waals surface area contributed by atoms with Crippen molar-refractivity contribution in [3.05, 3.63) is 0 Å². The molecule has 0 aromatic carbocycles. The Kier molecular flexibility index (Phi) is 7.31. The molecule has 0 aromatic heterocycles. The van der Waals surface area contributed by atoms with Crippen molar-refractivity contribution < 1.29 is 28.2 Å². The summed E-state index contributed by atoms with van der Waals surface area (Å²) >= 11 is 0. The molecule has 0 spiro atoms. The highest BCUT2D eigenvalue weighted by Crippen LogP contribution is 1.93. The number of hydrogen-bond donors (Lipinski definition) is 3. The Morgan fingerprint density at radius 3 is 2.56 bits per heavy atom. The zero-order valence-electron chi connectivity index (χ0n) is 8.49. The van der Waals surface area contributed by atoms with E-state index in [4.69, 9.17) is 10.8 Å². The molecule has 0 radical (unpaired) electrons. The predicted octanol–water partition coefficient (Wildman–Crippen LogP) is -1.38. The van der Waals surface area contributed by atoms with Gasteiger partial charge in [0.15, 0.2) is 0 Å². The van der Waals surface area contributed by atoms with Crippen LogP contribution >= 0.6 is 0 Å². The molecule has 1 unspecified atom stereocenters. The monoisotopic (exact) mass is 240 g/mol. The number of carbonyl (C=O) groups is 2. The van der Waals surface area contributed by atoms with E-state index < -0.39 is 31.0 Å². The van der Waals surface area contributed by atoms with Gasteiger partial charge in [-0.05, 0) is 0 Å². The van der Waals surface area contributed by atoms with Crippen LogP contribution in [0.2, 0.25) is 0 Å². The fourth-order valence-electron chi connectivity index (χ4n) is 0.737. The molecular formula is C8H14F2N2O4. The lowest BCUT2D eigenvalue weighted by Crippen LogP contribution is -2.40. The first-order valence-corrected chi connectivity index (χ1v) is 4.53. The minimum Gasteiger partial charge on any atom is -0.381 e. The maximum Gasteiger partial charge on any atom is 0.261 e. The van der Waals surface area contributed by atoms with Crippen LogP contribution in [0.5, 0.6) is 0 Å². The van der Waals surface area contributed by atoms with Gasteiger partial charge in [-0.25, -0.2) is 8.78 Å². The number of rotatable bonds is 8. The number of nitrogens with two attached hydrogens (primary N) is 1. The summed E-state index contributed by atoms with van der Waals surface area (Å²) in [5.74, 6) is -1.47. The van der Waals surface area contributed by atoms with E-state index in [0.29, 0.717) is 0 Å². The third kappa shape index (κ3) is 8.06. The third-order valence-corrected chi connectivity index (χ3v) is 1.54. The van der Waals surface area contributed by atoms with Crippen molar-refractivity contribution in [3.63, 3.8) is 0 Å². The molecular weight excluding hydrogens is 226 g/mol. The summed E-state index contributed by atoms with van der Waals surface area (Å²) in [6.45, 7) is -1.18. The van der Waals surface area contributed by atoms with Gasteiger partial charge in [0.1, 0.15) is 12.7 Å². The first kappa shape index (κ1) is 14.7. The summed E-state index contributed by atoms with van der Waals surface area (Å²) in [4.78, 5) is 21.3. The molecule has 16 heavy (non-hydrogen) atoms. The molecule has 0 rings (SSSR count). The Hall–Kier alpha value is -1.28. The number of carbonyl (C=O) groups excluding carboxylic acids is 2. The van der Waals surface area contributed by atoms with Gasteiger partial charge in [-0.2, -0.15) is 0 Å². The quantitative estimate of drug-likeness (QED) is 0.455. The van der Waals surface area contributed by atoms with Crippen molar-refractivity contribution in [3.8, 4) is 0 Å². The van der Waals surface area contributed by atoms with Crippen LogP contribution in [-0.2, 0) is 14.3 Å². The third-order valence-electron chi connectivity index (χ3n) is 1.54. The maximum absolute atomic E-state index is 11.6. The highest BCUT2D eigenvalue weighted by molar-refractivity contribution is 5.80. The molecule has 0 aliphatic rings. The van der Waals surface area contributed by atoms with E-state index >= 15 is 0 Å². The van der Waals surface area contributed by atoms with Crippen LogP contribution in [0.3, 0.4) is 0 Å². The number of aliphatic hydroxyl groups is 1.